The lowest BCUT2D eigenvalue weighted by atomic mass is 9.70. The van der Waals surface area contributed by atoms with Gasteiger partial charge >= 0.3 is 5.69 Å². The molecule has 1 unspecified atom stereocenters. The Hall–Kier alpha value is -5.31. The number of carbonyl (C=O) groups is 2. The van der Waals surface area contributed by atoms with E-state index in [1.165, 1.54) is 22.2 Å². The van der Waals surface area contributed by atoms with Crippen LogP contribution in [0.2, 0.25) is 0 Å². The molecule has 2 aromatic carbocycles. The van der Waals surface area contributed by atoms with Crippen LogP contribution in [0.4, 0.5) is 36.3 Å². The van der Waals surface area contributed by atoms with E-state index in [1.54, 1.807) is 42.3 Å². The lowest BCUT2D eigenvalue weighted by Crippen LogP contribution is -2.71. The summed E-state index contributed by atoms with van der Waals surface area (Å²) in [6.45, 7) is 3.58. The summed E-state index contributed by atoms with van der Waals surface area (Å²) in [5.41, 5.74) is 0.831. The van der Waals surface area contributed by atoms with E-state index in [0.717, 1.165) is 41.4 Å². The van der Waals surface area contributed by atoms with Gasteiger partial charge in [-0.05, 0) is 93.8 Å². The van der Waals surface area contributed by atoms with Crippen molar-refractivity contribution in [3.8, 4) is 0 Å². The number of hydrogen-bond donors (Lipinski definition) is 2. The number of likely N-dealkylation sites (tertiary alicyclic amines) is 1. The topological polar surface area (TPSA) is 167 Å². The highest BCUT2D eigenvalue weighted by Gasteiger charge is 2.64. The second kappa shape index (κ2) is 17.1. The summed E-state index contributed by atoms with van der Waals surface area (Å²) in [5, 5.41) is 5.52. The van der Waals surface area contributed by atoms with Crippen molar-refractivity contribution in [3.63, 3.8) is 0 Å². The second-order valence-corrected chi connectivity index (χ2v) is 20.9. The van der Waals surface area contributed by atoms with Crippen LogP contribution in [-0.2, 0) is 31.4 Å². The van der Waals surface area contributed by atoms with Gasteiger partial charge in [-0.2, -0.15) is 9.29 Å². The number of imide groups is 1. The third-order valence-corrected chi connectivity index (χ3v) is 16.7. The third-order valence-electron chi connectivity index (χ3n) is 14.9. The number of aromatic nitrogens is 4. The number of ether oxygens (including phenoxy) is 1. The number of halogens is 3. The van der Waals surface area contributed by atoms with E-state index in [9.17, 15) is 22.8 Å². The summed E-state index contributed by atoms with van der Waals surface area (Å²) in [7, 11) is -2.59. The number of benzene rings is 2. The Labute approximate surface area is 380 Å². The first-order valence-electron chi connectivity index (χ1n) is 23.0. The van der Waals surface area contributed by atoms with Crippen molar-refractivity contribution in [3.05, 3.63) is 70.0 Å². The summed E-state index contributed by atoms with van der Waals surface area (Å²) in [4.78, 5) is 52.9. The zero-order chi connectivity index (χ0) is 46.1. The zero-order valence-electron chi connectivity index (χ0n) is 37.1. The number of carbonyl (C=O) groups excluding carboxylic acids is 2. The average Bonchev–Trinajstić information content (AvgIpc) is 3.88. The first-order valence-corrected chi connectivity index (χ1v) is 24.4. The summed E-state index contributed by atoms with van der Waals surface area (Å²) < 4.78 is 85.6. The first-order chi connectivity index (χ1) is 31.6. The number of nitrogens with zero attached hydrogens (tertiary/aromatic N) is 8. The van der Waals surface area contributed by atoms with E-state index < -0.39 is 57.3 Å². The summed E-state index contributed by atoms with van der Waals surface area (Å²) in [5.74, 6) is -3.45. The highest BCUT2D eigenvalue weighted by atomic mass is 32.2. The number of aryl methyl sites for hydroxylation is 2. The van der Waals surface area contributed by atoms with Gasteiger partial charge in [-0.1, -0.05) is 25.0 Å². The van der Waals surface area contributed by atoms with Crippen LogP contribution in [0.3, 0.4) is 0 Å². The second-order valence-electron chi connectivity index (χ2n) is 19.0. The van der Waals surface area contributed by atoms with Crippen LogP contribution >= 0.6 is 0 Å². The molecular formula is C46H55F3N10O6S. The maximum Gasteiger partial charge on any atom is 0.329 e. The van der Waals surface area contributed by atoms with Crippen molar-refractivity contribution in [1.29, 1.82) is 0 Å². The number of sulfonamides is 1. The predicted octanol–water partition coefficient (Wildman–Crippen LogP) is 5.30. The van der Waals surface area contributed by atoms with Crippen LogP contribution in [0.15, 0.2) is 52.3 Å². The summed E-state index contributed by atoms with van der Waals surface area (Å²) >= 11 is 0. The number of alkyl halides is 2. The average molecular weight is 933 g/mol. The van der Waals surface area contributed by atoms with Crippen molar-refractivity contribution in [2.75, 3.05) is 74.3 Å². The van der Waals surface area contributed by atoms with Gasteiger partial charge in [0.05, 0.1) is 34.7 Å². The van der Waals surface area contributed by atoms with E-state index in [2.05, 4.69) is 20.5 Å². The molecule has 4 saturated heterocycles. The molecule has 2 aromatic heterocycles. The first kappa shape index (κ1) is 44.5. The minimum Gasteiger partial charge on any atom is -0.369 e. The normalized spacial score (nSPS) is 23.7. The van der Waals surface area contributed by atoms with Crippen molar-refractivity contribution in [2.45, 2.75) is 87.6 Å². The molecule has 5 aliphatic heterocycles. The molecule has 1 atom stereocenters. The SMILES string of the molecule is Cc1cc(S(=O)(=O)N2CC3(CCN(CC4CCN(c5ccc6c(c5F)n(C)c(=O)n6C5CCC(=O)NC5=O)CC4)CC3(F)F)C2)ccc1Nc1ncc2c(n1)N(C1CCCC1)COC/C=C\2. The number of fused-ring (bicyclic) bond motifs is 2. The molecule has 0 bridgehead atoms. The maximum absolute atomic E-state index is 16.2. The van der Waals surface area contributed by atoms with Gasteiger partial charge in [0.25, 0.3) is 5.92 Å². The van der Waals surface area contributed by atoms with Crippen molar-refractivity contribution >= 4 is 62.1 Å². The number of nitrogens with one attached hydrogen (secondary N) is 2. The molecule has 16 nitrogen and oxygen atoms in total. The number of anilines is 4. The van der Waals surface area contributed by atoms with Crippen LogP contribution in [-0.4, -0.2) is 120 Å². The largest absolute Gasteiger partial charge is 0.369 e. The standard InChI is InChI=1S/C46H55F3N10O6S/c1-29-22-33(9-10-34(29)51-43-50-23-31-6-5-21-65-28-58(41(31)53-43)32-7-3-4-8-32)66(63,64)57-25-45(26-57)17-20-55(27-46(45,48)49)24-30-15-18-56(19-16-30)35-11-12-36-40(39(35)47)54(2)44(62)59(36)37-13-14-38(60)52-42(37)61/h5-6,9-12,22-23,30,32,37H,3-4,7-8,13-21,24-28H2,1-2H3,(H,50,51,53)(H,52,60,61)/b6-5-. The third kappa shape index (κ3) is 7.86. The molecule has 10 rings (SSSR count). The fourth-order valence-electron chi connectivity index (χ4n) is 11.0. The number of imidazole rings is 1. The molecule has 1 aliphatic carbocycles. The molecule has 0 radical (unpaired) electrons. The van der Waals surface area contributed by atoms with E-state index in [1.807, 2.05) is 17.1 Å². The van der Waals surface area contributed by atoms with Gasteiger partial charge in [0.1, 0.15) is 24.1 Å². The molecule has 2 N–H and O–H groups in total. The van der Waals surface area contributed by atoms with E-state index >= 15 is 13.2 Å². The maximum atomic E-state index is 16.2. The molecule has 1 spiro atoms. The Kier molecular flexibility index (Phi) is 11.5. The lowest BCUT2D eigenvalue weighted by molar-refractivity contribution is -0.209. The molecular weight excluding hydrogens is 878 g/mol. The van der Waals surface area contributed by atoms with Crippen molar-refractivity contribution in [1.82, 2.24) is 33.6 Å². The Bertz CT molecular complexity index is 2780. The molecule has 6 aliphatic rings. The summed E-state index contributed by atoms with van der Waals surface area (Å²) in [6.07, 6.45) is 11.8. The van der Waals surface area contributed by atoms with Crippen molar-refractivity contribution < 1.29 is 35.9 Å². The van der Waals surface area contributed by atoms with E-state index in [0.29, 0.717) is 81.3 Å². The molecule has 5 fully saturated rings. The van der Waals surface area contributed by atoms with Crippen LogP contribution in [0, 0.1) is 24.1 Å². The lowest BCUT2D eigenvalue weighted by Gasteiger charge is -2.56. The Morgan fingerprint density at radius 2 is 1.76 bits per heavy atom. The highest BCUT2D eigenvalue weighted by molar-refractivity contribution is 7.89. The van der Waals surface area contributed by atoms with Gasteiger partial charge < -0.3 is 19.9 Å². The van der Waals surface area contributed by atoms with Gasteiger partial charge in [-0.25, -0.2) is 31.4 Å². The number of amides is 2. The quantitative estimate of drug-likeness (QED) is 0.209. The van der Waals surface area contributed by atoms with Crippen LogP contribution in [0.5, 0.6) is 0 Å². The molecule has 2 amide bonds. The monoisotopic (exact) mass is 932 g/mol. The highest BCUT2D eigenvalue weighted by Crippen LogP contribution is 2.52. The molecule has 7 heterocycles. The Morgan fingerprint density at radius 1 is 0.985 bits per heavy atom. The molecule has 352 valence electrons. The van der Waals surface area contributed by atoms with Gasteiger partial charge in [0.2, 0.25) is 27.8 Å². The molecule has 4 aromatic rings. The number of rotatable bonds is 9. The smallest absolute Gasteiger partial charge is 0.329 e. The number of hydrogen-bond acceptors (Lipinski definition) is 12. The van der Waals surface area contributed by atoms with E-state index in [4.69, 9.17) is 9.72 Å². The minimum atomic E-state index is -4.05. The molecule has 66 heavy (non-hydrogen) atoms. The van der Waals surface area contributed by atoms with Gasteiger partial charge in [0.15, 0.2) is 5.82 Å². The molecule has 1 saturated carbocycles. The summed E-state index contributed by atoms with van der Waals surface area (Å²) in [6, 6.07) is 7.35. The minimum absolute atomic E-state index is 0.0377. The molecule has 20 heteroatoms. The van der Waals surface area contributed by atoms with Gasteiger partial charge in [-0.3, -0.25) is 28.9 Å². The zero-order valence-corrected chi connectivity index (χ0v) is 38.0. The van der Waals surface area contributed by atoms with Crippen molar-refractivity contribution in [2.24, 2.45) is 18.4 Å². The Morgan fingerprint density at radius 3 is 2.48 bits per heavy atom. The number of piperidine rings is 3. The Balaban J connectivity index is 0.743. The van der Waals surface area contributed by atoms with Gasteiger partial charge in [-0.15, -0.1) is 0 Å². The van der Waals surface area contributed by atoms with E-state index in [-0.39, 0.29) is 54.2 Å². The van der Waals surface area contributed by atoms with Crippen LogP contribution in [0.1, 0.15) is 75.0 Å². The van der Waals surface area contributed by atoms with Crippen LogP contribution in [0.25, 0.3) is 17.1 Å². The predicted molar refractivity (Wildman–Crippen MR) is 242 cm³/mol. The fraction of sp³-hybridized carbons (Fsp3) is 0.543. The van der Waals surface area contributed by atoms with Crippen LogP contribution < -0.4 is 26.1 Å². The van der Waals surface area contributed by atoms with Gasteiger partial charge in [0, 0.05) is 69.7 Å². The fourth-order valence-corrected chi connectivity index (χ4v) is 12.7.